The van der Waals surface area contributed by atoms with Crippen molar-refractivity contribution in [1.82, 2.24) is 4.90 Å². The minimum absolute atomic E-state index is 0.00264. The standard InChI is InChI=1S/C14H18ClN3O2/c1-9-3-2-6-18(14(9)20)8-13(19)17-12-5-4-10(15)7-11(12)16/h4-5,7,9H,2-3,6,8,16H2,1H3,(H,17,19). The molecule has 1 atom stereocenters. The van der Waals surface area contributed by atoms with Crippen molar-refractivity contribution in [2.75, 3.05) is 24.1 Å². The van der Waals surface area contributed by atoms with Gasteiger partial charge in [0.25, 0.3) is 0 Å². The summed E-state index contributed by atoms with van der Waals surface area (Å²) in [5.74, 6) is -0.214. The van der Waals surface area contributed by atoms with Gasteiger partial charge in [0.1, 0.15) is 0 Å². The molecule has 5 nitrogen and oxygen atoms in total. The third-order valence-corrected chi connectivity index (χ3v) is 3.66. The van der Waals surface area contributed by atoms with Gasteiger partial charge in [-0.2, -0.15) is 0 Å². The largest absolute Gasteiger partial charge is 0.397 e. The smallest absolute Gasteiger partial charge is 0.244 e. The third-order valence-electron chi connectivity index (χ3n) is 3.42. The summed E-state index contributed by atoms with van der Waals surface area (Å²) >= 11 is 5.80. The topological polar surface area (TPSA) is 75.4 Å². The van der Waals surface area contributed by atoms with E-state index < -0.39 is 0 Å². The molecule has 6 heteroatoms. The fourth-order valence-electron chi connectivity index (χ4n) is 2.30. The van der Waals surface area contributed by atoms with Crippen LogP contribution in [-0.2, 0) is 9.59 Å². The number of carbonyl (C=O) groups is 2. The Morgan fingerprint density at radius 2 is 2.30 bits per heavy atom. The van der Waals surface area contributed by atoms with Crippen LogP contribution in [0.5, 0.6) is 0 Å². The lowest BCUT2D eigenvalue weighted by Crippen LogP contribution is -2.44. The normalized spacial score (nSPS) is 19.0. The molecule has 0 aliphatic carbocycles. The SMILES string of the molecule is CC1CCCN(CC(=O)Nc2ccc(Cl)cc2N)C1=O. The number of nitrogens with one attached hydrogen (secondary N) is 1. The fraction of sp³-hybridized carbons (Fsp3) is 0.429. The lowest BCUT2D eigenvalue weighted by Gasteiger charge is -2.30. The number of rotatable bonds is 3. The summed E-state index contributed by atoms with van der Waals surface area (Å²) in [5.41, 5.74) is 6.69. The van der Waals surface area contributed by atoms with E-state index in [1.807, 2.05) is 6.92 Å². The summed E-state index contributed by atoms with van der Waals surface area (Å²) in [7, 11) is 0. The molecular weight excluding hydrogens is 278 g/mol. The Hall–Kier alpha value is -1.75. The van der Waals surface area contributed by atoms with Crippen molar-refractivity contribution in [2.45, 2.75) is 19.8 Å². The zero-order chi connectivity index (χ0) is 14.7. The average molecular weight is 296 g/mol. The molecule has 3 N–H and O–H groups in total. The number of nitrogens with two attached hydrogens (primary N) is 1. The molecule has 0 saturated carbocycles. The molecule has 0 radical (unpaired) electrons. The van der Waals surface area contributed by atoms with Crippen LogP contribution in [0.25, 0.3) is 0 Å². The number of nitrogens with zero attached hydrogens (tertiary/aromatic N) is 1. The van der Waals surface area contributed by atoms with E-state index in [1.165, 1.54) is 0 Å². The Morgan fingerprint density at radius 1 is 1.55 bits per heavy atom. The maximum Gasteiger partial charge on any atom is 0.244 e. The van der Waals surface area contributed by atoms with Gasteiger partial charge >= 0.3 is 0 Å². The molecule has 1 aliphatic rings. The first-order valence-corrected chi connectivity index (χ1v) is 6.99. The number of nitrogen functional groups attached to an aromatic ring is 1. The second-order valence-electron chi connectivity index (χ2n) is 5.08. The van der Waals surface area contributed by atoms with Crippen LogP contribution in [0.4, 0.5) is 11.4 Å². The van der Waals surface area contributed by atoms with Gasteiger partial charge in [-0.3, -0.25) is 9.59 Å². The average Bonchev–Trinajstić information content (AvgIpc) is 2.38. The van der Waals surface area contributed by atoms with Crippen molar-refractivity contribution >= 4 is 34.8 Å². The molecule has 108 valence electrons. The number of carbonyl (C=O) groups excluding carboxylic acids is 2. The van der Waals surface area contributed by atoms with Crippen LogP contribution in [0.1, 0.15) is 19.8 Å². The predicted molar refractivity (Wildman–Crippen MR) is 79.5 cm³/mol. The number of halogens is 1. The first-order valence-electron chi connectivity index (χ1n) is 6.61. The van der Waals surface area contributed by atoms with E-state index in [1.54, 1.807) is 23.1 Å². The van der Waals surface area contributed by atoms with Crippen LogP contribution in [0, 0.1) is 5.92 Å². The highest BCUT2D eigenvalue weighted by Gasteiger charge is 2.26. The highest BCUT2D eigenvalue weighted by atomic mass is 35.5. The molecule has 0 spiro atoms. The van der Waals surface area contributed by atoms with Crippen LogP contribution in [-0.4, -0.2) is 29.8 Å². The van der Waals surface area contributed by atoms with Gasteiger partial charge in [0.05, 0.1) is 17.9 Å². The van der Waals surface area contributed by atoms with Gasteiger partial charge in [-0.1, -0.05) is 18.5 Å². The van der Waals surface area contributed by atoms with Gasteiger partial charge in [-0.25, -0.2) is 0 Å². The second-order valence-corrected chi connectivity index (χ2v) is 5.52. The summed E-state index contributed by atoms with van der Waals surface area (Å²) in [4.78, 5) is 25.5. The van der Waals surface area contributed by atoms with Gasteiger partial charge in [-0.05, 0) is 31.0 Å². The molecule has 20 heavy (non-hydrogen) atoms. The van der Waals surface area contributed by atoms with E-state index in [-0.39, 0.29) is 24.3 Å². The molecule has 1 heterocycles. The predicted octanol–water partition coefficient (Wildman–Crippen LogP) is 2.12. The number of anilines is 2. The Morgan fingerprint density at radius 3 is 3.00 bits per heavy atom. The molecule has 1 saturated heterocycles. The Bertz CT molecular complexity index is 533. The number of hydrogen-bond acceptors (Lipinski definition) is 3. The lowest BCUT2D eigenvalue weighted by molar-refractivity contribution is -0.140. The number of amides is 2. The van der Waals surface area contributed by atoms with Gasteiger partial charge in [0, 0.05) is 17.5 Å². The molecule has 1 aliphatic heterocycles. The summed E-state index contributed by atoms with van der Waals surface area (Å²) in [6.07, 6.45) is 1.82. The first-order chi connectivity index (χ1) is 9.47. The van der Waals surface area contributed by atoms with Gasteiger partial charge < -0.3 is 16.0 Å². The Balaban J connectivity index is 1.97. The van der Waals surface area contributed by atoms with E-state index in [0.29, 0.717) is 22.9 Å². The van der Waals surface area contributed by atoms with Gasteiger partial charge in [0.15, 0.2) is 0 Å². The third kappa shape index (κ3) is 3.42. The van der Waals surface area contributed by atoms with Crippen LogP contribution in [0.3, 0.4) is 0 Å². The zero-order valence-corrected chi connectivity index (χ0v) is 12.1. The van der Waals surface area contributed by atoms with E-state index >= 15 is 0 Å². The molecule has 1 fully saturated rings. The quantitative estimate of drug-likeness (QED) is 0.839. The maximum absolute atomic E-state index is 12.0. The van der Waals surface area contributed by atoms with E-state index in [4.69, 9.17) is 17.3 Å². The number of piperidine rings is 1. The highest BCUT2D eigenvalue weighted by Crippen LogP contribution is 2.23. The Labute approximate surface area is 123 Å². The van der Waals surface area contributed by atoms with Gasteiger partial charge in [-0.15, -0.1) is 0 Å². The monoisotopic (exact) mass is 295 g/mol. The highest BCUT2D eigenvalue weighted by molar-refractivity contribution is 6.31. The van der Waals surface area contributed by atoms with Crippen molar-refractivity contribution in [3.63, 3.8) is 0 Å². The number of likely N-dealkylation sites (tertiary alicyclic amines) is 1. The Kier molecular flexibility index (Phi) is 4.49. The van der Waals surface area contributed by atoms with Crippen molar-refractivity contribution in [3.8, 4) is 0 Å². The van der Waals surface area contributed by atoms with E-state index in [9.17, 15) is 9.59 Å². The summed E-state index contributed by atoms with van der Waals surface area (Å²) in [6.45, 7) is 2.58. The van der Waals surface area contributed by atoms with Crippen LogP contribution in [0.2, 0.25) is 5.02 Å². The van der Waals surface area contributed by atoms with Crippen LogP contribution in [0.15, 0.2) is 18.2 Å². The minimum atomic E-state index is -0.249. The second kappa shape index (κ2) is 6.13. The lowest BCUT2D eigenvalue weighted by atomic mass is 9.99. The zero-order valence-electron chi connectivity index (χ0n) is 11.4. The van der Waals surface area contributed by atoms with Crippen LogP contribution >= 0.6 is 11.6 Å². The first kappa shape index (κ1) is 14.7. The molecule has 2 rings (SSSR count). The van der Waals surface area contributed by atoms with Crippen molar-refractivity contribution in [1.29, 1.82) is 0 Å². The summed E-state index contributed by atoms with van der Waals surface area (Å²) in [5, 5.41) is 3.22. The fourth-order valence-corrected chi connectivity index (χ4v) is 2.48. The number of benzene rings is 1. The minimum Gasteiger partial charge on any atom is -0.397 e. The molecule has 1 unspecified atom stereocenters. The molecule has 1 aromatic rings. The van der Waals surface area contributed by atoms with Crippen molar-refractivity contribution < 1.29 is 9.59 Å². The molecule has 0 bridgehead atoms. The molecular formula is C14H18ClN3O2. The van der Waals surface area contributed by atoms with Crippen LogP contribution < -0.4 is 11.1 Å². The van der Waals surface area contributed by atoms with Crippen molar-refractivity contribution in [3.05, 3.63) is 23.2 Å². The van der Waals surface area contributed by atoms with E-state index in [2.05, 4.69) is 5.32 Å². The number of hydrogen-bond donors (Lipinski definition) is 2. The molecule has 2 amide bonds. The van der Waals surface area contributed by atoms with Gasteiger partial charge in [0.2, 0.25) is 11.8 Å². The molecule has 1 aromatic carbocycles. The molecule has 0 aromatic heterocycles. The maximum atomic E-state index is 12.0. The van der Waals surface area contributed by atoms with E-state index in [0.717, 1.165) is 12.8 Å². The van der Waals surface area contributed by atoms with Crippen molar-refractivity contribution in [2.24, 2.45) is 5.92 Å². The summed E-state index contributed by atoms with van der Waals surface area (Å²) < 4.78 is 0. The summed E-state index contributed by atoms with van der Waals surface area (Å²) in [6, 6.07) is 4.88.